The molecule has 0 radical (unpaired) electrons. The Morgan fingerprint density at radius 2 is 1.94 bits per heavy atom. The molecule has 0 spiro atoms. The highest BCUT2D eigenvalue weighted by Gasteiger charge is 2.38. The minimum atomic E-state index is -1.63. The second-order valence-electron chi connectivity index (χ2n) is 3.85. The maximum absolute atomic E-state index is 11.4. The molecule has 0 aliphatic heterocycles. The van der Waals surface area contributed by atoms with E-state index in [1.165, 1.54) is 19.1 Å². The number of carbonyl (C=O) groups is 2. The summed E-state index contributed by atoms with van der Waals surface area (Å²) in [4.78, 5) is 22.7. The van der Waals surface area contributed by atoms with Crippen LogP contribution >= 0.6 is 0 Å². The van der Waals surface area contributed by atoms with Crippen molar-refractivity contribution in [2.45, 2.75) is 25.8 Å². The number of aromatic hydroxyl groups is 1. The Bertz CT molecular complexity index is 444. The molecular formula is C12H15NO4. The van der Waals surface area contributed by atoms with Crippen LogP contribution in [-0.4, -0.2) is 22.1 Å². The molecule has 17 heavy (non-hydrogen) atoms. The van der Waals surface area contributed by atoms with Crippen molar-refractivity contribution in [3.05, 3.63) is 29.8 Å². The van der Waals surface area contributed by atoms with Crippen LogP contribution in [0.4, 0.5) is 0 Å². The van der Waals surface area contributed by atoms with Gasteiger partial charge in [-0.25, -0.2) is 4.79 Å². The molecule has 0 saturated carbocycles. The van der Waals surface area contributed by atoms with Crippen LogP contribution in [0.2, 0.25) is 0 Å². The zero-order valence-electron chi connectivity index (χ0n) is 9.73. The molecule has 1 rings (SSSR count). The first kappa shape index (κ1) is 13.0. The fraction of sp³-hybridized carbons (Fsp3) is 0.333. The van der Waals surface area contributed by atoms with Gasteiger partial charge in [0.25, 0.3) is 0 Å². The number of nitrogens with one attached hydrogen (secondary N) is 1. The first-order valence-electron chi connectivity index (χ1n) is 5.24. The number of rotatable bonds is 4. The summed E-state index contributed by atoms with van der Waals surface area (Å²) >= 11 is 0. The molecule has 0 aliphatic rings. The summed E-state index contributed by atoms with van der Waals surface area (Å²) in [6, 6.07) is 6.05. The van der Waals surface area contributed by atoms with Crippen molar-refractivity contribution < 1.29 is 19.8 Å². The quantitative estimate of drug-likeness (QED) is 0.734. The smallest absolute Gasteiger partial charge is 0.333 e. The minimum Gasteiger partial charge on any atom is -0.508 e. The Morgan fingerprint density at radius 3 is 2.41 bits per heavy atom. The maximum Gasteiger partial charge on any atom is 0.333 e. The molecule has 5 nitrogen and oxygen atoms in total. The molecule has 0 saturated heterocycles. The van der Waals surface area contributed by atoms with Gasteiger partial charge >= 0.3 is 5.97 Å². The third kappa shape index (κ3) is 2.55. The normalized spacial score (nSPS) is 13.8. The average molecular weight is 237 g/mol. The van der Waals surface area contributed by atoms with Crippen molar-refractivity contribution in [2.24, 2.45) is 0 Å². The van der Waals surface area contributed by atoms with Gasteiger partial charge in [0.1, 0.15) is 5.75 Å². The van der Waals surface area contributed by atoms with Gasteiger partial charge in [0.15, 0.2) is 5.54 Å². The number of hydrogen-bond acceptors (Lipinski definition) is 3. The number of phenols is 1. The van der Waals surface area contributed by atoms with Gasteiger partial charge in [-0.05, 0) is 13.0 Å². The van der Waals surface area contributed by atoms with E-state index in [1.807, 2.05) is 0 Å². The van der Waals surface area contributed by atoms with Crippen LogP contribution in [0.1, 0.15) is 25.8 Å². The highest BCUT2D eigenvalue weighted by atomic mass is 16.4. The van der Waals surface area contributed by atoms with Crippen molar-refractivity contribution in [1.82, 2.24) is 5.32 Å². The third-order valence-electron chi connectivity index (χ3n) is 2.58. The summed E-state index contributed by atoms with van der Waals surface area (Å²) in [5.41, 5.74) is -1.47. The highest BCUT2D eigenvalue weighted by Crippen LogP contribution is 2.29. The third-order valence-corrected chi connectivity index (χ3v) is 2.58. The van der Waals surface area contributed by atoms with Crippen LogP contribution in [0.3, 0.4) is 0 Å². The predicted molar refractivity (Wildman–Crippen MR) is 61.5 cm³/mol. The van der Waals surface area contributed by atoms with E-state index in [9.17, 15) is 19.8 Å². The van der Waals surface area contributed by atoms with Crippen LogP contribution in [0.5, 0.6) is 5.75 Å². The van der Waals surface area contributed by atoms with Crippen LogP contribution in [0.25, 0.3) is 0 Å². The summed E-state index contributed by atoms with van der Waals surface area (Å²) in [5, 5.41) is 21.3. The number of amides is 1. The zero-order valence-corrected chi connectivity index (χ0v) is 9.73. The molecule has 3 N–H and O–H groups in total. The van der Waals surface area contributed by atoms with Crippen molar-refractivity contribution in [3.63, 3.8) is 0 Å². The monoisotopic (exact) mass is 237 g/mol. The molecule has 1 amide bonds. The summed E-state index contributed by atoms with van der Waals surface area (Å²) in [7, 11) is 0. The van der Waals surface area contributed by atoms with E-state index in [0.717, 1.165) is 0 Å². The molecule has 0 aliphatic carbocycles. The Morgan fingerprint density at radius 1 is 1.35 bits per heavy atom. The lowest BCUT2D eigenvalue weighted by Gasteiger charge is -2.27. The molecule has 5 heteroatoms. The van der Waals surface area contributed by atoms with Gasteiger partial charge in [0.05, 0.1) is 0 Å². The van der Waals surface area contributed by atoms with Crippen LogP contribution in [0, 0.1) is 0 Å². The molecule has 0 aromatic heterocycles. The lowest BCUT2D eigenvalue weighted by atomic mass is 9.91. The molecule has 1 aromatic carbocycles. The molecule has 0 fully saturated rings. The Labute approximate surface area is 99.1 Å². The van der Waals surface area contributed by atoms with Crippen molar-refractivity contribution in [2.75, 3.05) is 0 Å². The van der Waals surface area contributed by atoms with Gasteiger partial charge in [-0.3, -0.25) is 4.79 Å². The van der Waals surface area contributed by atoms with Crippen molar-refractivity contribution in [3.8, 4) is 5.75 Å². The van der Waals surface area contributed by atoms with Gasteiger partial charge < -0.3 is 15.5 Å². The van der Waals surface area contributed by atoms with E-state index in [-0.39, 0.29) is 17.7 Å². The Hall–Kier alpha value is -2.04. The largest absolute Gasteiger partial charge is 0.508 e. The highest BCUT2D eigenvalue weighted by molar-refractivity contribution is 5.88. The van der Waals surface area contributed by atoms with E-state index >= 15 is 0 Å². The van der Waals surface area contributed by atoms with E-state index < -0.39 is 17.4 Å². The van der Waals surface area contributed by atoms with Crippen LogP contribution < -0.4 is 5.32 Å². The van der Waals surface area contributed by atoms with Gasteiger partial charge in [0, 0.05) is 12.0 Å². The van der Waals surface area contributed by atoms with Crippen LogP contribution in [0.15, 0.2) is 24.3 Å². The minimum absolute atomic E-state index is 0.159. The number of carbonyl (C=O) groups excluding carboxylic acids is 1. The molecule has 0 bridgehead atoms. The molecule has 0 heterocycles. The van der Waals surface area contributed by atoms with Gasteiger partial charge in [-0.1, -0.05) is 25.1 Å². The summed E-state index contributed by atoms with van der Waals surface area (Å²) < 4.78 is 0. The number of hydrogen-bond donors (Lipinski definition) is 3. The van der Waals surface area contributed by atoms with E-state index in [4.69, 9.17) is 0 Å². The van der Waals surface area contributed by atoms with Crippen molar-refractivity contribution >= 4 is 11.9 Å². The molecule has 92 valence electrons. The number of carboxylic acid groups (broad SMARTS) is 1. The van der Waals surface area contributed by atoms with Gasteiger partial charge in [-0.2, -0.15) is 0 Å². The molecule has 1 aromatic rings. The Balaban J connectivity index is 3.21. The number of para-hydroxylation sites is 1. The molecular weight excluding hydrogens is 222 g/mol. The number of carboxylic acids is 1. The topological polar surface area (TPSA) is 86.6 Å². The molecule has 1 atom stereocenters. The number of phenolic OH excluding ortho intramolecular Hbond substituents is 1. The lowest BCUT2D eigenvalue weighted by Crippen LogP contribution is -2.49. The zero-order chi connectivity index (χ0) is 13.1. The number of aliphatic carboxylic acids is 1. The second kappa shape index (κ2) is 4.86. The SMILES string of the molecule is CCC(=O)NC(C)(C(=O)O)c1ccccc1O. The fourth-order valence-corrected chi connectivity index (χ4v) is 1.50. The van der Waals surface area contributed by atoms with E-state index in [0.29, 0.717) is 0 Å². The molecule has 1 unspecified atom stereocenters. The van der Waals surface area contributed by atoms with Crippen molar-refractivity contribution in [1.29, 1.82) is 0 Å². The first-order chi connectivity index (χ1) is 7.91. The lowest BCUT2D eigenvalue weighted by molar-refractivity contribution is -0.147. The first-order valence-corrected chi connectivity index (χ1v) is 5.24. The standard InChI is InChI=1S/C12H15NO4/c1-3-10(15)13-12(2,11(16)17)8-6-4-5-7-9(8)14/h4-7,14H,3H2,1-2H3,(H,13,15)(H,16,17). The van der Waals surface area contributed by atoms with E-state index in [1.54, 1.807) is 19.1 Å². The van der Waals surface area contributed by atoms with Crippen LogP contribution in [-0.2, 0) is 15.1 Å². The summed E-state index contributed by atoms with van der Waals surface area (Å²) in [6.07, 6.45) is 0.177. The van der Waals surface area contributed by atoms with Gasteiger partial charge in [-0.15, -0.1) is 0 Å². The number of benzene rings is 1. The summed E-state index contributed by atoms with van der Waals surface area (Å²) in [5.74, 6) is -1.77. The maximum atomic E-state index is 11.4. The Kier molecular flexibility index (Phi) is 3.73. The average Bonchev–Trinajstić information content (AvgIpc) is 2.28. The summed E-state index contributed by atoms with van der Waals surface area (Å²) in [6.45, 7) is 2.97. The fourth-order valence-electron chi connectivity index (χ4n) is 1.50. The predicted octanol–water partition coefficient (Wildman–Crippen LogP) is 1.22. The second-order valence-corrected chi connectivity index (χ2v) is 3.85. The van der Waals surface area contributed by atoms with E-state index in [2.05, 4.69) is 5.32 Å². The van der Waals surface area contributed by atoms with Gasteiger partial charge in [0.2, 0.25) is 5.91 Å².